The first kappa shape index (κ1) is 31.5. The van der Waals surface area contributed by atoms with Gasteiger partial charge >= 0.3 is 0 Å². The van der Waals surface area contributed by atoms with Crippen LogP contribution < -0.4 is 10.6 Å². The van der Waals surface area contributed by atoms with Gasteiger partial charge in [-0.2, -0.15) is 0 Å². The zero-order valence-corrected chi connectivity index (χ0v) is 26.6. The minimum atomic E-state index is -0.130. The first-order valence-electron chi connectivity index (χ1n) is 16.2. The van der Waals surface area contributed by atoms with Crippen LogP contribution in [0.5, 0.6) is 0 Å². The van der Waals surface area contributed by atoms with Crippen LogP contribution in [0.25, 0.3) is 21.9 Å². The van der Waals surface area contributed by atoms with Gasteiger partial charge in [-0.15, -0.1) is 0 Å². The molecule has 0 saturated heterocycles. The van der Waals surface area contributed by atoms with Crippen molar-refractivity contribution < 1.29 is 4.79 Å². The van der Waals surface area contributed by atoms with Gasteiger partial charge in [-0.3, -0.25) is 4.79 Å². The monoisotopic (exact) mass is 569 g/mol. The molecular weight excluding hydrogens is 518 g/mol. The van der Waals surface area contributed by atoms with E-state index >= 15 is 0 Å². The van der Waals surface area contributed by atoms with Gasteiger partial charge in [0.1, 0.15) is 11.3 Å². The van der Waals surface area contributed by atoms with E-state index in [2.05, 4.69) is 92.3 Å². The Balaban J connectivity index is 1.48. The molecule has 2 N–H and O–H groups in total. The van der Waals surface area contributed by atoms with Gasteiger partial charge in [0.25, 0.3) is 0 Å². The maximum absolute atomic E-state index is 12.4. The largest absolute Gasteiger partial charge is 0.364 e. The lowest BCUT2D eigenvalue weighted by molar-refractivity contribution is -0.121. The fourth-order valence-corrected chi connectivity index (χ4v) is 5.50. The van der Waals surface area contributed by atoms with E-state index in [0.29, 0.717) is 13.0 Å². The van der Waals surface area contributed by atoms with Gasteiger partial charge < -0.3 is 15.2 Å². The minimum absolute atomic E-state index is 0.130. The molecule has 2 aromatic heterocycles. The Labute approximate surface area is 252 Å². The number of unbranched alkanes of at least 4 members (excludes halogenated alkanes) is 7. The number of benzene rings is 2. The number of pyridine rings is 1. The zero-order valence-electron chi connectivity index (χ0n) is 26.6. The maximum atomic E-state index is 12.4. The SMILES string of the molecule is CCCCCCCCCC(=O)NCc1ccc(Cn2c(CCCC)nc3c(NC(C)(C)C)nc4ccccc4c32)cc1. The summed E-state index contributed by atoms with van der Waals surface area (Å²) in [5.41, 5.74) is 5.27. The van der Waals surface area contributed by atoms with E-state index in [-0.39, 0.29) is 11.4 Å². The summed E-state index contributed by atoms with van der Waals surface area (Å²) in [5, 5.41) is 7.85. The molecule has 0 aliphatic carbocycles. The molecule has 6 nitrogen and oxygen atoms in total. The molecule has 0 spiro atoms. The van der Waals surface area contributed by atoms with Gasteiger partial charge in [0, 0.05) is 36.9 Å². The standard InChI is InChI=1S/C36H51N5O/c1-6-8-10-11-12-13-14-20-32(42)37-25-27-21-23-28(24-22-27)26-41-31(19-9-7-2)39-33-34(41)29-17-15-16-18-30(29)38-35(33)40-36(3,4)5/h15-18,21-24H,6-14,19-20,25-26H2,1-5H3,(H,37,42)(H,38,40). The number of hydrogen-bond donors (Lipinski definition) is 2. The van der Waals surface area contributed by atoms with Crippen molar-refractivity contribution in [2.75, 3.05) is 5.32 Å². The quantitative estimate of drug-likeness (QED) is 0.132. The van der Waals surface area contributed by atoms with Crippen molar-refractivity contribution >= 4 is 33.7 Å². The average molecular weight is 570 g/mol. The van der Waals surface area contributed by atoms with Crippen LogP contribution in [-0.4, -0.2) is 26.0 Å². The third kappa shape index (κ3) is 8.80. The molecule has 4 rings (SSSR count). The minimum Gasteiger partial charge on any atom is -0.364 e. The molecule has 0 fully saturated rings. The number of amides is 1. The molecule has 0 aliphatic rings. The van der Waals surface area contributed by atoms with Crippen LogP contribution in [0.2, 0.25) is 0 Å². The summed E-state index contributed by atoms with van der Waals surface area (Å²) in [7, 11) is 0. The van der Waals surface area contributed by atoms with E-state index in [9.17, 15) is 4.79 Å². The first-order chi connectivity index (χ1) is 20.3. The molecule has 6 heteroatoms. The van der Waals surface area contributed by atoms with Crippen LogP contribution >= 0.6 is 0 Å². The molecule has 0 bridgehead atoms. The van der Waals surface area contributed by atoms with Crippen LogP contribution in [0.3, 0.4) is 0 Å². The lowest BCUT2D eigenvalue weighted by Gasteiger charge is -2.22. The van der Waals surface area contributed by atoms with Gasteiger partial charge in [0.05, 0.1) is 11.0 Å². The Kier molecular flexibility index (Phi) is 11.4. The molecule has 226 valence electrons. The van der Waals surface area contributed by atoms with E-state index in [0.717, 1.165) is 77.8 Å². The molecule has 0 atom stereocenters. The number of nitrogens with zero attached hydrogens (tertiary/aromatic N) is 3. The van der Waals surface area contributed by atoms with Crippen molar-refractivity contribution in [3.8, 4) is 0 Å². The van der Waals surface area contributed by atoms with Crippen molar-refractivity contribution in [1.29, 1.82) is 0 Å². The summed E-state index contributed by atoms with van der Waals surface area (Å²) in [6, 6.07) is 17.0. The Morgan fingerprint density at radius 2 is 1.48 bits per heavy atom. The summed E-state index contributed by atoms with van der Waals surface area (Å²) in [6.07, 6.45) is 12.3. The van der Waals surface area contributed by atoms with Gasteiger partial charge in [-0.1, -0.05) is 101 Å². The highest BCUT2D eigenvalue weighted by molar-refractivity contribution is 6.07. The number of rotatable bonds is 16. The number of anilines is 1. The van der Waals surface area contributed by atoms with Gasteiger partial charge in [0.2, 0.25) is 5.91 Å². The number of carbonyl (C=O) groups is 1. The fraction of sp³-hybridized carbons (Fsp3) is 0.528. The number of para-hydroxylation sites is 1. The second-order valence-corrected chi connectivity index (χ2v) is 12.7. The number of hydrogen-bond acceptors (Lipinski definition) is 4. The maximum Gasteiger partial charge on any atom is 0.220 e. The van der Waals surface area contributed by atoms with E-state index < -0.39 is 0 Å². The Morgan fingerprint density at radius 1 is 0.810 bits per heavy atom. The molecule has 0 radical (unpaired) electrons. The van der Waals surface area contributed by atoms with Crippen molar-refractivity contribution in [3.05, 3.63) is 65.5 Å². The molecule has 4 aromatic rings. The zero-order chi connectivity index (χ0) is 30.0. The van der Waals surface area contributed by atoms with E-state index in [4.69, 9.17) is 9.97 Å². The first-order valence-corrected chi connectivity index (χ1v) is 16.2. The highest BCUT2D eigenvalue weighted by Gasteiger charge is 2.21. The van der Waals surface area contributed by atoms with Gasteiger partial charge in [0.15, 0.2) is 5.82 Å². The number of aryl methyl sites for hydroxylation is 1. The fourth-order valence-electron chi connectivity index (χ4n) is 5.50. The summed E-state index contributed by atoms with van der Waals surface area (Å²) >= 11 is 0. The second-order valence-electron chi connectivity index (χ2n) is 12.7. The predicted molar refractivity (Wildman–Crippen MR) is 177 cm³/mol. The highest BCUT2D eigenvalue weighted by Crippen LogP contribution is 2.32. The molecule has 0 saturated carbocycles. The van der Waals surface area contributed by atoms with Crippen LogP contribution in [0, 0.1) is 0 Å². The predicted octanol–water partition coefficient (Wildman–Crippen LogP) is 8.94. The van der Waals surface area contributed by atoms with Crippen molar-refractivity contribution in [2.24, 2.45) is 0 Å². The molecule has 0 aliphatic heterocycles. The molecule has 2 aromatic carbocycles. The Hall–Kier alpha value is -3.41. The van der Waals surface area contributed by atoms with Crippen molar-refractivity contribution in [2.45, 2.75) is 124 Å². The third-order valence-electron chi connectivity index (χ3n) is 7.77. The average Bonchev–Trinajstić information content (AvgIpc) is 3.33. The lowest BCUT2D eigenvalue weighted by atomic mass is 10.1. The van der Waals surface area contributed by atoms with Crippen LogP contribution in [0.1, 0.15) is 116 Å². The van der Waals surface area contributed by atoms with Crippen LogP contribution in [0.15, 0.2) is 48.5 Å². The summed E-state index contributed by atoms with van der Waals surface area (Å²) in [6.45, 7) is 12.2. The molecule has 42 heavy (non-hydrogen) atoms. The number of carbonyl (C=O) groups excluding carboxylic acids is 1. The normalized spacial score (nSPS) is 11.8. The summed E-state index contributed by atoms with van der Waals surface area (Å²) in [4.78, 5) is 22.5. The van der Waals surface area contributed by atoms with E-state index in [1.807, 2.05) is 6.07 Å². The van der Waals surface area contributed by atoms with Crippen LogP contribution in [-0.2, 0) is 24.3 Å². The molecule has 2 heterocycles. The number of nitrogens with one attached hydrogen (secondary N) is 2. The molecule has 0 unspecified atom stereocenters. The van der Waals surface area contributed by atoms with E-state index in [1.165, 1.54) is 37.7 Å². The Morgan fingerprint density at radius 3 is 2.19 bits per heavy atom. The second kappa shape index (κ2) is 15.2. The number of imidazole rings is 1. The van der Waals surface area contributed by atoms with E-state index in [1.54, 1.807) is 0 Å². The van der Waals surface area contributed by atoms with Gasteiger partial charge in [-0.05, 0) is 50.8 Å². The molecular formula is C36H51N5O. The van der Waals surface area contributed by atoms with Crippen molar-refractivity contribution in [1.82, 2.24) is 19.9 Å². The number of fused-ring (bicyclic) bond motifs is 3. The number of aromatic nitrogens is 3. The molecule has 1 amide bonds. The summed E-state index contributed by atoms with van der Waals surface area (Å²) < 4.78 is 2.39. The lowest BCUT2D eigenvalue weighted by Crippen LogP contribution is -2.26. The topological polar surface area (TPSA) is 71.8 Å². The van der Waals surface area contributed by atoms with Crippen molar-refractivity contribution in [3.63, 3.8) is 0 Å². The highest BCUT2D eigenvalue weighted by atomic mass is 16.1. The van der Waals surface area contributed by atoms with Crippen LogP contribution in [0.4, 0.5) is 5.82 Å². The summed E-state index contributed by atoms with van der Waals surface area (Å²) in [5.74, 6) is 2.09. The van der Waals surface area contributed by atoms with Gasteiger partial charge in [-0.25, -0.2) is 9.97 Å². The third-order valence-corrected chi connectivity index (χ3v) is 7.77. The smallest absolute Gasteiger partial charge is 0.220 e. The Bertz CT molecular complexity index is 1430.